The smallest absolute Gasteiger partial charge is 0.273 e. The summed E-state index contributed by atoms with van der Waals surface area (Å²) in [6.45, 7) is 2.52. The number of hydrogen-bond donors (Lipinski definition) is 2. The SMILES string of the molecule is CC(F)(F)c1cccc(-n2cc(-c3nc(C(=O)N4CCN[C@@H](N)C4)cs3)cn2)c1. The second kappa shape index (κ2) is 7.62. The minimum absolute atomic E-state index is 0.0802. The molecule has 10 heteroatoms. The Labute approximate surface area is 170 Å². The first-order valence-corrected chi connectivity index (χ1v) is 9.97. The van der Waals surface area contributed by atoms with Gasteiger partial charge in [-0.05, 0) is 12.1 Å². The number of halogens is 2. The van der Waals surface area contributed by atoms with Crippen LogP contribution in [0.4, 0.5) is 8.78 Å². The molecular weight excluding hydrogens is 398 g/mol. The fourth-order valence-electron chi connectivity index (χ4n) is 3.13. The van der Waals surface area contributed by atoms with Crippen molar-refractivity contribution < 1.29 is 13.6 Å². The van der Waals surface area contributed by atoms with Crippen LogP contribution in [0.5, 0.6) is 0 Å². The van der Waals surface area contributed by atoms with Crippen LogP contribution < -0.4 is 11.1 Å². The first kappa shape index (κ1) is 19.6. The maximum absolute atomic E-state index is 13.6. The van der Waals surface area contributed by atoms with Crippen LogP contribution in [0.3, 0.4) is 0 Å². The summed E-state index contributed by atoms with van der Waals surface area (Å²) in [5, 5.41) is 9.69. The van der Waals surface area contributed by atoms with Crippen molar-refractivity contribution in [3.63, 3.8) is 0 Å². The third-order valence-electron chi connectivity index (χ3n) is 4.66. The van der Waals surface area contributed by atoms with E-state index in [9.17, 15) is 13.6 Å². The topological polar surface area (TPSA) is 89.1 Å². The second-order valence-electron chi connectivity index (χ2n) is 6.96. The second-order valence-corrected chi connectivity index (χ2v) is 7.82. The minimum Gasteiger partial charge on any atom is -0.333 e. The summed E-state index contributed by atoms with van der Waals surface area (Å²) in [6, 6.07) is 6.06. The predicted molar refractivity (Wildman–Crippen MR) is 106 cm³/mol. The van der Waals surface area contributed by atoms with Gasteiger partial charge in [0.15, 0.2) is 0 Å². The number of alkyl halides is 2. The molecule has 1 aliphatic rings. The number of nitrogens with two attached hydrogens (primary N) is 1. The number of carbonyl (C=O) groups is 1. The summed E-state index contributed by atoms with van der Waals surface area (Å²) in [6.07, 6.45) is 3.07. The molecule has 1 amide bonds. The van der Waals surface area contributed by atoms with E-state index in [1.54, 1.807) is 34.8 Å². The zero-order chi connectivity index (χ0) is 20.6. The van der Waals surface area contributed by atoms with Gasteiger partial charge in [-0.15, -0.1) is 11.3 Å². The summed E-state index contributed by atoms with van der Waals surface area (Å²) < 4.78 is 28.7. The van der Waals surface area contributed by atoms with Crippen molar-refractivity contribution in [1.29, 1.82) is 0 Å². The van der Waals surface area contributed by atoms with Crippen molar-refractivity contribution in [2.45, 2.75) is 19.0 Å². The van der Waals surface area contributed by atoms with Crippen molar-refractivity contribution in [2.24, 2.45) is 5.73 Å². The number of amides is 1. The van der Waals surface area contributed by atoms with E-state index in [0.29, 0.717) is 41.6 Å². The number of piperazine rings is 1. The zero-order valence-corrected chi connectivity index (χ0v) is 16.5. The van der Waals surface area contributed by atoms with Gasteiger partial charge in [-0.2, -0.15) is 5.10 Å². The summed E-state index contributed by atoms with van der Waals surface area (Å²) in [4.78, 5) is 18.8. The molecule has 4 rings (SSSR count). The van der Waals surface area contributed by atoms with Crippen LogP contribution in [0, 0.1) is 0 Å². The van der Waals surface area contributed by atoms with E-state index in [2.05, 4.69) is 15.4 Å². The molecule has 7 nitrogen and oxygen atoms in total. The molecule has 3 N–H and O–H groups in total. The molecule has 152 valence electrons. The van der Waals surface area contributed by atoms with Crippen LogP contribution in [0.2, 0.25) is 0 Å². The number of aromatic nitrogens is 3. The van der Waals surface area contributed by atoms with Gasteiger partial charge in [-0.3, -0.25) is 10.1 Å². The minimum atomic E-state index is -2.93. The lowest BCUT2D eigenvalue weighted by molar-refractivity contribution is 0.0174. The highest BCUT2D eigenvalue weighted by atomic mass is 32.1. The average Bonchev–Trinajstić information content (AvgIpc) is 3.36. The van der Waals surface area contributed by atoms with E-state index in [1.807, 2.05) is 0 Å². The summed E-state index contributed by atoms with van der Waals surface area (Å²) in [7, 11) is 0. The molecule has 0 radical (unpaired) electrons. The van der Waals surface area contributed by atoms with E-state index in [1.165, 1.54) is 28.2 Å². The molecule has 1 saturated heterocycles. The largest absolute Gasteiger partial charge is 0.333 e. The Balaban J connectivity index is 1.54. The first-order valence-electron chi connectivity index (χ1n) is 9.09. The number of nitrogens with one attached hydrogen (secondary N) is 1. The number of benzene rings is 1. The molecule has 0 bridgehead atoms. The van der Waals surface area contributed by atoms with Crippen LogP contribution in [0.25, 0.3) is 16.3 Å². The van der Waals surface area contributed by atoms with E-state index < -0.39 is 5.92 Å². The third-order valence-corrected chi connectivity index (χ3v) is 5.55. The summed E-state index contributed by atoms with van der Waals surface area (Å²) in [5.41, 5.74) is 7.37. The summed E-state index contributed by atoms with van der Waals surface area (Å²) >= 11 is 1.33. The third kappa shape index (κ3) is 4.19. The number of rotatable bonds is 4. The molecule has 0 unspecified atom stereocenters. The molecule has 1 aliphatic heterocycles. The van der Waals surface area contributed by atoms with Gasteiger partial charge in [-0.1, -0.05) is 12.1 Å². The van der Waals surface area contributed by atoms with Crippen LogP contribution in [0.1, 0.15) is 23.0 Å². The molecule has 1 aromatic carbocycles. The van der Waals surface area contributed by atoms with Crippen molar-refractivity contribution in [1.82, 2.24) is 25.0 Å². The number of hydrogen-bond acceptors (Lipinski definition) is 6. The molecule has 1 atom stereocenters. The highest BCUT2D eigenvalue weighted by Crippen LogP contribution is 2.29. The lowest BCUT2D eigenvalue weighted by atomic mass is 10.1. The standard InChI is InChI=1S/C19H20F2N6OS/c1-19(20,21)13-3-2-4-14(7-13)27-9-12(8-24-27)17-25-15(11-29-17)18(28)26-6-5-23-16(22)10-26/h2-4,7-9,11,16,23H,5-6,10,22H2,1H3/t16-/m1/s1. The van der Waals surface area contributed by atoms with Crippen LogP contribution >= 0.6 is 11.3 Å². The lowest BCUT2D eigenvalue weighted by Gasteiger charge is -2.31. The highest BCUT2D eigenvalue weighted by molar-refractivity contribution is 7.13. The maximum Gasteiger partial charge on any atom is 0.273 e. The van der Waals surface area contributed by atoms with Gasteiger partial charge >= 0.3 is 0 Å². The maximum atomic E-state index is 13.6. The van der Waals surface area contributed by atoms with Crippen LogP contribution in [0.15, 0.2) is 42.0 Å². The summed E-state index contributed by atoms with van der Waals surface area (Å²) in [5.74, 6) is -3.09. The van der Waals surface area contributed by atoms with Gasteiger partial charge in [0.2, 0.25) is 0 Å². The van der Waals surface area contributed by atoms with Crippen molar-refractivity contribution in [2.75, 3.05) is 19.6 Å². The zero-order valence-electron chi connectivity index (χ0n) is 15.7. The molecule has 3 heterocycles. The predicted octanol–water partition coefficient (Wildman–Crippen LogP) is 2.44. The quantitative estimate of drug-likeness (QED) is 0.679. The van der Waals surface area contributed by atoms with Crippen LogP contribution in [-0.4, -0.2) is 51.4 Å². The molecule has 2 aromatic heterocycles. The fourth-order valence-corrected chi connectivity index (χ4v) is 3.89. The Hall–Kier alpha value is -2.69. The molecule has 0 spiro atoms. The van der Waals surface area contributed by atoms with Gasteiger partial charge in [-0.25, -0.2) is 18.4 Å². The Morgan fingerprint density at radius 1 is 1.41 bits per heavy atom. The van der Waals surface area contributed by atoms with Crippen molar-refractivity contribution >= 4 is 17.2 Å². The van der Waals surface area contributed by atoms with E-state index >= 15 is 0 Å². The van der Waals surface area contributed by atoms with Crippen molar-refractivity contribution in [3.05, 3.63) is 53.3 Å². The van der Waals surface area contributed by atoms with Gasteiger partial charge < -0.3 is 10.6 Å². The van der Waals surface area contributed by atoms with Gasteiger partial charge in [0.05, 0.1) is 18.1 Å². The fraction of sp³-hybridized carbons (Fsp3) is 0.316. The van der Waals surface area contributed by atoms with Crippen molar-refractivity contribution in [3.8, 4) is 16.3 Å². The molecule has 1 fully saturated rings. The van der Waals surface area contributed by atoms with E-state index in [4.69, 9.17) is 5.73 Å². The monoisotopic (exact) mass is 418 g/mol. The normalized spacial score (nSPS) is 17.5. The molecule has 29 heavy (non-hydrogen) atoms. The van der Waals surface area contributed by atoms with Gasteiger partial charge in [0.25, 0.3) is 11.8 Å². The van der Waals surface area contributed by atoms with Gasteiger partial charge in [0.1, 0.15) is 10.7 Å². The number of carbonyl (C=O) groups excluding carboxylic acids is 1. The Morgan fingerprint density at radius 2 is 2.24 bits per heavy atom. The highest BCUT2D eigenvalue weighted by Gasteiger charge is 2.25. The van der Waals surface area contributed by atoms with Gasteiger partial charge in [0, 0.05) is 49.3 Å². The molecule has 3 aromatic rings. The molecular formula is C19H20F2N6OS. The Bertz CT molecular complexity index is 1030. The first-order chi connectivity index (χ1) is 13.8. The van der Waals surface area contributed by atoms with E-state index in [-0.39, 0.29) is 17.6 Å². The van der Waals surface area contributed by atoms with E-state index in [0.717, 1.165) is 6.92 Å². The number of nitrogens with zero attached hydrogens (tertiary/aromatic N) is 4. The Kier molecular flexibility index (Phi) is 5.15. The van der Waals surface area contributed by atoms with Crippen LogP contribution in [-0.2, 0) is 5.92 Å². The lowest BCUT2D eigenvalue weighted by Crippen LogP contribution is -2.56. The molecule has 0 saturated carbocycles. The molecule has 0 aliphatic carbocycles. The Morgan fingerprint density at radius 3 is 3.00 bits per heavy atom. The average molecular weight is 418 g/mol. The number of thiazole rings is 1.